The van der Waals surface area contributed by atoms with Gasteiger partial charge in [-0.15, -0.1) is 0 Å². The predicted molar refractivity (Wildman–Crippen MR) is 97.5 cm³/mol. The maximum absolute atomic E-state index is 12.7. The van der Waals surface area contributed by atoms with Crippen LogP contribution in [0, 0.1) is 0 Å². The highest BCUT2D eigenvalue weighted by Gasteiger charge is 2.22. The van der Waals surface area contributed by atoms with E-state index >= 15 is 0 Å². The lowest BCUT2D eigenvalue weighted by atomic mass is 9.86. The van der Waals surface area contributed by atoms with E-state index in [1.807, 2.05) is 38.1 Å². The molecular weight excluding hydrogens is 316 g/mol. The minimum absolute atomic E-state index is 0.0214. The van der Waals surface area contributed by atoms with E-state index in [0.717, 1.165) is 23.1 Å². The average molecular weight is 338 g/mol. The highest BCUT2D eigenvalue weighted by atomic mass is 16.5. The van der Waals surface area contributed by atoms with Crippen LogP contribution in [0.2, 0.25) is 0 Å². The van der Waals surface area contributed by atoms with Crippen LogP contribution in [0.1, 0.15) is 41.8 Å². The number of aryl methyl sites for hydroxylation is 1. The second kappa shape index (κ2) is 7.43. The molecule has 4 nitrogen and oxygen atoms in total. The fraction of sp³-hybridized carbons (Fsp3) is 0.286. The van der Waals surface area contributed by atoms with Crippen molar-refractivity contribution in [3.8, 4) is 17.2 Å². The number of carbonyl (C=O) groups excluding carboxylic acids is 1. The van der Waals surface area contributed by atoms with Crippen molar-refractivity contribution in [2.24, 2.45) is 0 Å². The van der Waals surface area contributed by atoms with Gasteiger partial charge in [0.15, 0.2) is 17.3 Å². The second-order valence-corrected chi connectivity index (χ2v) is 5.91. The molecule has 4 heteroatoms. The van der Waals surface area contributed by atoms with Crippen LogP contribution in [-0.2, 0) is 6.42 Å². The molecule has 0 atom stereocenters. The number of carbonyl (C=O) groups is 1. The Morgan fingerprint density at radius 2 is 1.76 bits per heavy atom. The van der Waals surface area contributed by atoms with Crippen molar-refractivity contribution in [2.75, 3.05) is 13.2 Å². The lowest BCUT2D eigenvalue weighted by Gasteiger charge is -2.18. The number of fused-ring (bicyclic) bond motifs is 1. The number of benzene rings is 2. The summed E-state index contributed by atoms with van der Waals surface area (Å²) < 4.78 is 11.2. The Kier molecular flexibility index (Phi) is 5.08. The zero-order chi connectivity index (χ0) is 17.8. The summed E-state index contributed by atoms with van der Waals surface area (Å²) >= 11 is 0. The maximum atomic E-state index is 12.7. The fourth-order valence-corrected chi connectivity index (χ4v) is 3.06. The van der Waals surface area contributed by atoms with Crippen LogP contribution < -0.4 is 9.47 Å². The van der Waals surface area contributed by atoms with Gasteiger partial charge in [0.25, 0.3) is 0 Å². The molecule has 1 aliphatic carbocycles. The monoisotopic (exact) mass is 338 g/mol. The Balaban J connectivity index is 1.91. The third kappa shape index (κ3) is 3.68. The smallest absolute Gasteiger partial charge is 0.189 e. The Labute approximate surface area is 147 Å². The van der Waals surface area contributed by atoms with Gasteiger partial charge >= 0.3 is 0 Å². The number of ether oxygens (including phenoxy) is 2. The van der Waals surface area contributed by atoms with Gasteiger partial charge in [-0.3, -0.25) is 4.79 Å². The average Bonchev–Trinajstić information content (AvgIpc) is 2.60. The van der Waals surface area contributed by atoms with Gasteiger partial charge < -0.3 is 14.6 Å². The molecule has 2 aromatic rings. The maximum Gasteiger partial charge on any atom is 0.189 e. The molecule has 3 rings (SSSR count). The number of hydrogen-bond acceptors (Lipinski definition) is 4. The molecule has 0 radical (unpaired) electrons. The van der Waals surface area contributed by atoms with Crippen molar-refractivity contribution < 1.29 is 19.4 Å². The summed E-state index contributed by atoms with van der Waals surface area (Å²) in [6, 6.07) is 10.6. The molecule has 2 aromatic carbocycles. The summed E-state index contributed by atoms with van der Waals surface area (Å²) in [5, 5.41) is 9.57. The molecule has 0 amide bonds. The van der Waals surface area contributed by atoms with Gasteiger partial charge in [0, 0.05) is 11.1 Å². The van der Waals surface area contributed by atoms with Gasteiger partial charge in [0.2, 0.25) is 0 Å². The Morgan fingerprint density at radius 3 is 2.52 bits per heavy atom. The van der Waals surface area contributed by atoms with E-state index in [4.69, 9.17) is 9.47 Å². The molecule has 0 unspecified atom stereocenters. The van der Waals surface area contributed by atoms with Crippen LogP contribution in [0.25, 0.3) is 6.08 Å². The van der Waals surface area contributed by atoms with Gasteiger partial charge in [-0.05, 0) is 74.2 Å². The number of allylic oxidation sites excluding steroid dienone is 1. The molecule has 0 aromatic heterocycles. The van der Waals surface area contributed by atoms with Crippen LogP contribution in [0.4, 0.5) is 0 Å². The summed E-state index contributed by atoms with van der Waals surface area (Å²) in [6.45, 7) is 4.98. The number of hydrogen-bond donors (Lipinski definition) is 1. The van der Waals surface area contributed by atoms with Crippen molar-refractivity contribution in [3.63, 3.8) is 0 Å². The summed E-state index contributed by atoms with van der Waals surface area (Å²) in [5.41, 5.74) is 3.26. The first-order valence-corrected chi connectivity index (χ1v) is 8.59. The Hall–Kier alpha value is -2.75. The number of Topliss-reactive ketones (excluding diaryl/α,β-unsaturated/α-hetero) is 1. The first kappa shape index (κ1) is 17.1. The molecular formula is C21H22O4. The third-order valence-corrected chi connectivity index (χ3v) is 4.20. The minimum atomic E-state index is 0.0214. The molecule has 1 aliphatic rings. The first-order chi connectivity index (χ1) is 12.1. The third-order valence-electron chi connectivity index (χ3n) is 4.20. The highest BCUT2D eigenvalue weighted by molar-refractivity contribution is 6.13. The van der Waals surface area contributed by atoms with E-state index in [1.54, 1.807) is 18.2 Å². The quantitative estimate of drug-likeness (QED) is 0.821. The van der Waals surface area contributed by atoms with E-state index in [1.165, 1.54) is 0 Å². The minimum Gasteiger partial charge on any atom is -0.508 e. The molecule has 130 valence electrons. The fourth-order valence-electron chi connectivity index (χ4n) is 3.06. The van der Waals surface area contributed by atoms with Crippen LogP contribution in [0.5, 0.6) is 17.2 Å². The van der Waals surface area contributed by atoms with E-state index in [2.05, 4.69) is 0 Å². The van der Waals surface area contributed by atoms with Crippen molar-refractivity contribution in [1.29, 1.82) is 0 Å². The molecule has 0 saturated heterocycles. The van der Waals surface area contributed by atoms with E-state index < -0.39 is 0 Å². The first-order valence-electron chi connectivity index (χ1n) is 8.59. The topological polar surface area (TPSA) is 55.8 Å². The van der Waals surface area contributed by atoms with E-state index in [0.29, 0.717) is 36.7 Å². The lowest BCUT2D eigenvalue weighted by molar-refractivity contribution is 0.102. The van der Waals surface area contributed by atoms with Gasteiger partial charge in [-0.2, -0.15) is 0 Å². The number of phenolic OH excluding ortho intramolecular Hbond substituents is 1. The zero-order valence-electron chi connectivity index (χ0n) is 14.5. The Morgan fingerprint density at radius 1 is 1.00 bits per heavy atom. The lowest BCUT2D eigenvalue weighted by Crippen LogP contribution is -2.13. The van der Waals surface area contributed by atoms with Crippen molar-refractivity contribution >= 4 is 11.9 Å². The van der Waals surface area contributed by atoms with E-state index in [9.17, 15) is 9.90 Å². The SMILES string of the molecule is CCOc1ccc(/C=C2\CCc3cc(O)ccc3C2=O)cc1OCC. The molecule has 0 fully saturated rings. The van der Waals surface area contributed by atoms with E-state index in [-0.39, 0.29) is 11.5 Å². The molecule has 1 N–H and O–H groups in total. The number of aromatic hydroxyl groups is 1. The summed E-state index contributed by atoms with van der Waals surface area (Å²) in [4.78, 5) is 12.7. The van der Waals surface area contributed by atoms with Crippen LogP contribution >= 0.6 is 0 Å². The van der Waals surface area contributed by atoms with Gasteiger partial charge in [0.1, 0.15) is 5.75 Å². The molecule has 0 bridgehead atoms. The summed E-state index contributed by atoms with van der Waals surface area (Å²) in [7, 11) is 0. The Bertz CT molecular complexity index is 821. The van der Waals surface area contributed by atoms with Crippen molar-refractivity contribution in [1.82, 2.24) is 0 Å². The van der Waals surface area contributed by atoms with Gasteiger partial charge in [0.05, 0.1) is 13.2 Å². The molecule has 0 saturated carbocycles. The number of rotatable bonds is 5. The molecule has 0 spiro atoms. The van der Waals surface area contributed by atoms with Gasteiger partial charge in [-0.25, -0.2) is 0 Å². The van der Waals surface area contributed by atoms with Crippen molar-refractivity contribution in [3.05, 3.63) is 58.7 Å². The summed E-state index contributed by atoms with van der Waals surface area (Å²) in [5.74, 6) is 1.62. The number of phenols is 1. The predicted octanol–water partition coefficient (Wildman–Crippen LogP) is 4.40. The zero-order valence-corrected chi connectivity index (χ0v) is 14.5. The highest BCUT2D eigenvalue weighted by Crippen LogP contribution is 2.32. The van der Waals surface area contributed by atoms with Crippen LogP contribution in [0.15, 0.2) is 42.0 Å². The van der Waals surface area contributed by atoms with Gasteiger partial charge in [-0.1, -0.05) is 6.07 Å². The second-order valence-electron chi connectivity index (χ2n) is 5.91. The largest absolute Gasteiger partial charge is 0.508 e. The normalized spacial score (nSPS) is 15.1. The molecule has 0 aliphatic heterocycles. The molecule has 0 heterocycles. The molecule has 25 heavy (non-hydrogen) atoms. The van der Waals surface area contributed by atoms with Crippen LogP contribution in [-0.4, -0.2) is 24.1 Å². The summed E-state index contributed by atoms with van der Waals surface area (Å²) in [6.07, 6.45) is 3.32. The van der Waals surface area contributed by atoms with Crippen molar-refractivity contribution in [2.45, 2.75) is 26.7 Å². The standard InChI is InChI=1S/C21H22O4/c1-3-24-19-10-5-14(12-20(19)25-4-2)11-16-7-6-15-13-17(22)8-9-18(15)21(16)23/h5,8-13,22H,3-4,6-7H2,1-2H3/b16-11+. The van der Waals surface area contributed by atoms with Crippen LogP contribution in [0.3, 0.4) is 0 Å². The number of ketones is 1.